The van der Waals surface area contributed by atoms with Gasteiger partial charge in [0.15, 0.2) is 0 Å². The average Bonchev–Trinajstić information content (AvgIpc) is 2.93. The molecule has 0 bridgehead atoms. The van der Waals surface area contributed by atoms with Crippen LogP contribution in [-0.2, 0) is 18.9 Å². The number of fused-ring (bicyclic) bond motifs is 1. The first kappa shape index (κ1) is 28.3. The maximum atomic E-state index is 13.3. The van der Waals surface area contributed by atoms with Crippen molar-refractivity contribution in [2.24, 2.45) is 0 Å². The lowest BCUT2D eigenvalue weighted by Gasteiger charge is -2.36. The second-order valence-corrected chi connectivity index (χ2v) is 10.1. The van der Waals surface area contributed by atoms with E-state index >= 15 is 0 Å². The third kappa shape index (κ3) is 5.67. The molecule has 3 aromatic rings. The summed E-state index contributed by atoms with van der Waals surface area (Å²) in [6.45, 7) is 3.47. The molecule has 0 aliphatic carbocycles. The van der Waals surface area contributed by atoms with Gasteiger partial charge in [0.1, 0.15) is 46.7 Å². The number of phenolic OH excluding ortho intramolecular Hbond substituents is 1. The standard InChI is InChI=1S/C29H34O11/c1-14-27(31)22(34-3)11-24(37-14)39-17-7-5-16(6-8-17)19-13-36-21-10-18(9-20(30)26(21)29(19)33)40-25-12-23(35-4)28(32)15(2)38-25/h5-10,13-15,22-25,27-28,30-32H,11-12H2,1-4H3/t14-,15-,22-,23-,24-,25+,27+,28+/m1/s1. The molecule has 3 N–H and O–H groups in total. The van der Waals surface area contributed by atoms with E-state index in [1.807, 2.05) is 0 Å². The Kier molecular flexibility index (Phi) is 8.31. The summed E-state index contributed by atoms with van der Waals surface area (Å²) in [7, 11) is 3.04. The van der Waals surface area contributed by atoms with Gasteiger partial charge in [0.05, 0.1) is 30.0 Å². The van der Waals surface area contributed by atoms with Gasteiger partial charge in [-0.15, -0.1) is 0 Å². The molecule has 2 fully saturated rings. The van der Waals surface area contributed by atoms with Crippen LogP contribution in [0.3, 0.4) is 0 Å². The van der Waals surface area contributed by atoms with Gasteiger partial charge in [-0.25, -0.2) is 0 Å². The van der Waals surface area contributed by atoms with Crippen LogP contribution < -0.4 is 14.9 Å². The Hall–Kier alpha value is -3.19. The number of hydrogen-bond donors (Lipinski definition) is 3. The molecule has 3 heterocycles. The molecule has 0 radical (unpaired) electrons. The van der Waals surface area contributed by atoms with E-state index in [-0.39, 0.29) is 34.5 Å². The molecule has 2 aliphatic rings. The monoisotopic (exact) mass is 558 g/mol. The van der Waals surface area contributed by atoms with Crippen molar-refractivity contribution < 1.29 is 48.2 Å². The van der Waals surface area contributed by atoms with Crippen LogP contribution in [-0.4, -0.2) is 78.7 Å². The van der Waals surface area contributed by atoms with Gasteiger partial charge in [0, 0.05) is 39.2 Å². The fourth-order valence-electron chi connectivity index (χ4n) is 5.13. The van der Waals surface area contributed by atoms with E-state index in [4.69, 9.17) is 32.8 Å². The summed E-state index contributed by atoms with van der Waals surface area (Å²) in [6.07, 6.45) is -2.68. The Labute approximate surface area is 230 Å². The number of methoxy groups -OCH3 is 2. The van der Waals surface area contributed by atoms with Gasteiger partial charge >= 0.3 is 0 Å². The number of benzene rings is 2. The largest absolute Gasteiger partial charge is 0.507 e. The highest BCUT2D eigenvalue weighted by Gasteiger charge is 2.37. The molecule has 216 valence electrons. The van der Waals surface area contributed by atoms with Gasteiger partial charge in [0.25, 0.3) is 0 Å². The van der Waals surface area contributed by atoms with E-state index in [0.717, 1.165) is 0 Å². The fourth-order valence-corrected chi connectivity index (χ4v) is 5.13. The summed E-state index contributed by atoms with van der Waals surface area (Å²) in [5.41, 5.74) is 0.564. The van der Waals surface area contributed by atoms with Crippen LogP contribution in [0.5, 0.6) is 17.2 Å². The molecule has 2 saturated heterocycles. The zero-order valence-electron chi connectivity index (χ0n) is 22.7. The number of phenols is 1. The lowest BCUT2D eigenvalue weighted by atomic mass is 10.0. The van der Waals surface area contributed by atoms with Gasteiger partial charge in [-0.05, 0) is 31.5 Å². The Balaban J connectivity index is 1.32. The number of ether oxygens (including phenoxy) is 6. The van der Waals surface area contributed by atoms with Crippen molar-refractivity contribution in [3.8, 4) is 28.4 Å². The third-order valence-electron chi connectivity index (χ3n) is 7.44. The summed E-state index contributed by atoms with van der Waals surface area (Å²) in [4.78, 5) is 13.3. The van der Waals surface area contributed by atoms with Crippen molar-refractivity contribution in [1.82, 2.24) is 0 Å². The lowest BCUT2D eigenvalue weighted by molar-refractivity contribution is -0.222. The number of hydrogen-bond acceptors (Lipinski definition) is 11. The summed E-state index contributed by atoms with van der Waals surface area (Å²) in [5.74, 6) is 0.464. The average molecular weight is 559 g/mol. The van der Waals surface area contributed by atoms with Crippen molar-refractivity contribution in [1.29, 1.82) is 0 Å². The molecule has 2 aromatic carbocycles. The Morgan fingerprint density at radius 2 is 1.38 bits per heavy atom. The van der Waals surface area contributed by atoms with Crippen molar-refractivity contribution >= 4 is 11.0 Å². The minimum atomic E-state index is -0.784. The summed E-state index contributed by atoms with van der Waals surface area (Å²) in [5, 5.41) is 31.0. The van der Waals surface area contributed by atoms with E-state index < -0.39 is 54.6 Å². The number of aliphatic hydroxyl groups is 2. The van der Waals surface area contributed by atoms with Crippen LogP contribution in [0.4, 0.5) is 0 Å². The molecule has 11 nitrogen and oxygen atoms in total. The molecule has 0 saturated carbocycles. The Morgan fingerprint density at radius 3 is 1.93 bits per heavy atom. The molecule has 5 rings (SSSR count). The van der Waals surface area contributed by atoms with E-state index in [1.165, 1.54) is 32.6 Å². The predicted molar refractivity (Wildman–Crippen MR) is 142 cm³/mol. The SMILES string of the molecule is CO[C@@H]1C[C@H](Oc2cc(O)c3c(=O)c(-c4ccc(O[C@@H]5C[C@@H](OC)[C@@H](O)[C@@H](C)O5)cc4)coc3c2)O[C@H](C)[C@@H]1O. The van der Waals surface area contributed by atoms with Crippen LogP contribution >= 0.6 is 0 Å². The first-order chi connectivity index (χ1) is 19.2. The minimum absolute atomic E-state index is 0.0158. The molecular formula is C29H34O11. The van der Waals surface area contributed by atoms with Crippen molar-refractivity contribution in [3.63, 3.8) is 0 Å². The predicted octanol–water partition coefficient (Wildman–Crippen LogP) is 2.94. The molecule has 0 amide bonds. The lowest BCUT2D eigenvalue weighted by Crippen LogP contribution is -2.49. The molecule has 11 heteroatoms. The molecular weight excluding hydrogens is 524 g/mol. The second kappa shape index (κ2) is 11.7. The Bertz CT molecular complexity index is 1370. The van der Waals surface area contributed by atoms with Crippen molar-refractivity contribution in [2.75, 3.05) is 14.2 Å². The van der Waals surface area contributed by atoms with Gasteiger partial charge in [-0.1, -0.05) is 12.1 Å². The van der Waals surface area contributed by atoms with Gasteiger partial charge in [0.2, 0.25) is 18.0 Å². The molecule has 40 heavy (non-hydrogen) atoms. The van der Waals surface area contributed by atoms with Crippen molar-refractivity contribution in [2.45, 2.75) is 75.9 Å². The third-order valence-corrected chi connectivity index (χ3v) is 7.44. The van der Waals surface area contributed by atoms with E-state index in [1.54, 1.807) is 38.1 Å². The minimum Gasteiger partial charge on any atom is -0.507 e. The normalized spacial score (nSPS) is 30.8. The van der Waals surface area contributed by atoms with Gasteiger partial charge in [-0.2, -0.15) is 0 Å². The first-order valence-corrected chi connectivity index (χ1v) is 13.1. The van der Waals surface area contributed by atoms with Crippen molar-refractivity contribution in [3.05, 3.63) is 52.9 Å². The van der Waals surface area contributed by atoms with Crippen LogP contribution in [0.15, 0.2) is 51.9 Å². The number of rotatable bonds is 7. The van der Waals surface area contributed by atoms with Crippen LogP contribution in [0.2, 0.25) is 0 Å². The maximum absolute atomic E-state index is 13.3. The molecule has 8 atom stereocenters. The molecule has 0 spiro atoms. The van der Waals surface area contributed by atoms with Crippen LogP contribution in [0, 0.1) is 0 Å². The highest BCUT2D eigenvalue weighted by molar-refractivity contribution is 5.88. The van der Waals surface area contributed by atoms with Crippen LogP contribution in [0.1, 0.15) is 26.7 Å². The first-order valence-electron chi connectivity index (χ1n) is 13.1. The number of aromatic hydroxyl groups is 1. The zero-order chi connectivity index (χ0) is 28.6. The smallest absolute Gasteiger partial charge is 0.204 e. The second-order valence-electron chi connectivity index (χ2n) is 10.1. The van der Waals surface area contributed by atoms with Gasteiger partial charge < -0.3 is 48.2 Å². The highest BCUT2D eigenvalue weighted by Crippen LogP contribution is 2.33. The molecule has 0 unspecified atom stereocenters. The van der Waals surface area contributed by atoms with Crippen LogP contribution in [0.25, 0.3) is 22.1 Å². The quantitative estimate of drug-likeness (QED) is 0.393. The van der Waals surface area contributed by atoms with E-state index in [0.29, 0.717) is 17.7 Å². The molecule has 2 aliphatic heterocycles. The van der Waals surface area contributed by atoms with E-state index in [2.05, 4.69) is 0 Å². The Morgan fingerprint density at radius 1 is 0.825 bits per heavy atom. The molecule has 1 aromatic heterocycles. The highest BCUT2D eigenvalue weighted by atomic mass is 16.7. The fraction of sp³-hybridized carbons (Fsp3) is 0.483. The van der Waals surface area contributed by atoms with E-state index in [9.17, 15) is 20.1 Å². The summed E-state index contributed by atoms with van der Waals surface area (Å²) >= 11 is 0. The van der Waals surface area contributed by atoms with Gasteiger partial charge in [-0.3, -0.25) is 4.79 Å². The topological polar surface area (TPSA) is 146 Å². The summed E-state index contributed by atoms with van der Waals surface area (Å²) in [6, 6.07) is 9.65. The maximum Gasteiger partial charge on any atom is 0.204 e. The zero-order valence-corrected chi connectivity index (χ0v) is 22.7. The number of aliphatic hydroxyl groups excluding tert-OH is 2. The summed E-state index contributed by atoms with van der Waals surface area (Å²) < 4.78 is 39.6.